The normalized spacial score (nSPS) is 9.75. The maximum Gasteiger partial charge on any atom is 0.307 e. The van der Waals surface area contributed by atoms with Crippen LogP contribution in [0.3, 0.4) is 0 Å². The number of ketones is 1. The Kier molecular flexibility index (Phi) is 3.92. The molecule has 0 aliphatic heterocycles. The molecule has 2 rings (SSSR count). The highest BCUT2D eigenvalue weighted by Crippen LogP contribution is 2.17. The van der Waals surface area contributed by atoms with Crippen LogP contribution in [0, 0.1) is 11.3 Å². The van der Waals surface area contributed by atoms with E-state index in [0.717, 1.165) is 0 Å². The van der Waals surface area contributed by atoms with E-state index in [1.165, 1.54) is 12.1 Å². The Labute approximate surface area is 115 Å². The third kappa shape index (κ3) is 2.90. The first kappa shape index (κ1) is 13.5. The molecule has 0 aliphatic carbocycles. The van der Waals surface area contributed by atoms with Crippen LogP contribution in [0.25, 0.3) is 0 Å². The summed E-state index contributed by atoms with van der Waals surface area (Å²) in [6.07, 6.45) is -0.180. The third-order valence-corrected chi connectivity index (χ3v) is 2.84. The quantitative estimate of drug-likeness (QED) is 0.861. The minimum Gasteiger partial charge on any atom is -0.481 e. The van der Waals surface area contributed by atoms with Crippen LogP contribution in [0.15, 0.2) is 48.5 Å². The van der Waals surface area contributed by atoms with Crippen molar-refractivity contribution in [1.82, 2.24) is 0 Å². The second-order valence-electron chi connectivity index (χ2n) is 4.26. The van der Waals surface area contributed by atoms with Crippen LogP contribution in [0.1, 0.15) is 27.0 Å². The van der Waals surface area contributed by atoms with Crippen LogP contribution < -0.4 is 0 Å². The average Bonchev–Trinajstić information content (AvgIpc) is 2.46. The Morgan fingerprint density at radius 2 is 1.80 bits per heavy atom. The van der Waals surface area contributed by atoms with Gasteiger partial charge in [0.15, 0.2) is 5.78 Å². The molecule has 20 heavy (non-hydrogen) atoms. The molecular formula is C16H11NO3. The zero-order valence-electron chi connectivity index (χ0n) is 10.5. The van der Waals surface area contributed by atoms with Crippen LogP contribution in [-0.2, 0) is 11.2 Å². The van der Waals surface area contributed by atoms with Crippen LogP contribution in [0.5, 0.6) is 0 Å². The summed E-state index contributed by atoms with van der Waals surface area (Å²) in [7, 11) is 0. The van der Waals surface area contributed by atoms with Gasteiger partial charge in [0.05, 0.1) is 18.1 Å². The fraction of sp³-hybridized carbons (Fsp3) is 0.0625. The summed E-state index contributed by atoms with van der Waals surface area (Å²) in [6.45, 7) is 0. The van der Waals surface area contributed by atoms with Crippen molar-refractivity contribution in [2.45, 2.75) is 6.42 Å². The van der Waals surface area contributed by atoms with E-state index in [0.29, 0.717) is 11.1 Å². The van der Waals surface area contributed by atoms with Crippen LogP contribution in [-0.4, -0.2) is 16.9 Å². The highest BCUT2D eigenvalue weighted by atomic mass is 16.4. The molecule has 0 heterocycles. The lowest BCUT2D eigenvalue weighted by Gasteiger charge is -2.06. The molecule has 0 spiro atoms. The van der Waals surface area contributed by atoms with Gasteiger partial charge in [-0.15, -0.1) is 0 Å². The monoisotopic (exact) mass is 265 g/mol. The molecule has 0 amide bonds. The minimum absolute atomic E-state index is 0.180. The van der Waals surface area contributed by atoms with E-state index in [1.807, 2.05) is 6.07 Å². The zero-order chi connectivity index (χ0) is 14.5. The van der Waals surface area contributed by atoms with Gasteiger partial charge >= 0.3 is 5.97 Å². The molecule has 4 nitrogen and oxygen atoms in total. The lowest BCUT2D eigenvalue weighted by Crippen LogP contribution is -2.07. The van der Waals surface area contributed by atoms with Gasteiger partial charge in [-0.2, -0.15) is 5.26 Å². The third-order valence-electron chi connectivity index (χ3n) is 2.84. The number of carboxylic acids is 1. The number of benzene rings is 2. The predicted molar refractivity (Wildman–Crippen MR) is 72.4 cm³/mol. The number of hydrogen-bond acceptors (Lipinski definition) is 3. The molecule has 0 aromatic heterocycles. The minimum atomic E-state index is -0.979. The van der Waals surface area contributed by atoms with Crippen LogP contribution >= 0.6 is 0 Å². The number of nitrogens with zero attached hydrogens (tertiary/aromatic N) is 1. The lowest BCUT2D eigenvalue weighted by atomic mass is 9.96. The first-order valence-electron chi connectivity index (χ1n) is 5.96. The molecule has 4 heteroatoms. The highest BCUT2D eigenvalue weighted by Gasteiger charge is 2.15. The molecule has 2 aromatic rings. The Bertz CT molecular complexity index is 699. The largest absolute Gasteiger partial charge is 0.481 e. The van der Waals surface area contributed by atoms with E-state index in [1.54, 1.807) is 36.4 Å². The molecule has 1 N–H and O–H groups in total. The standard InChI is InChI=1S/C16H11NO3/c17-10-13-7-6-11(9-15(18)19)8-14(13)16(20)12-4-2-1-3-5-12/h1-8H,9H2,(H,18,19). The number of carboxylic acid groups (broad SMARTS) is 1. The maximum atomic E-state index is 12.4. The number of rotatable bonds is 4. The van der Waals surface area contributed by atoms with Gasteiger partial charge in [-0.05, 0) is 17.7 Å². The van der Waals surface area contributed by atoms with Crippen molar-refractivity contribution in [2.75, 3.05) is 0 Å². The second kappa shape index (κ2) is 5.81. The molecule has 0 bridgehead atoms. The molecule has 2 aromatic carbocycles. The van der Waals surface area contributed by atoms with E-state index in [9.17, 15) is 9.59 Å². The van der Waals surface area contributed by atoms with E-state index in [2.05, 4.69) is 0 Å². The molecule has 98 valence electrons. The topological polar surface area (TPSA) is 78.2 Å². The summed E-state index contributed by atoms with van der Waals surface area (Å²) in [6, 6.07) is 15.1. The van der Waals surface area contributed by atoms with Gasteiger partial charge in [0, 0.05) is 11.1 Å². The Hall–Kier alpha value is -2.93. The fourth-order valence-corrected chi connectivity index (χ4v) is 1.91. The van der Waals surface area contributed by atoms with Crippen LogP contribution in [0.4, 0.5) is 0 Å². The van der Waals surface area contributed by atoms with Gasteiger partial charge in [-0.25, -0.2) is 0 Å². The first-order valence-corrected chi connectivity index (χ1v) is 5.96. The number of carbonyl (C=O) groups is 2. The van der Waals surface area contributed by atoms with Crippen molar-refractivity contribution < 1.29 is 14.7 Å². The molecule has 0 aliphatic rings. The van der Waals surface area contributed by atoms with Gasteiger partial charge < -0.3 is 5.11 Å². The molecule has 0 atom stereocenters. The van der Waals surface area contributed by atoms with Gasteiger partial charge in [-0.1, -0.05) is 36.4 Å². The molecule has 0 unspecified atom stereocenters. The van der Waals surface area contributed by atoms with Crippen LogP contribution in [0.2, 0.25) is 0 Å². The van der Waals surface area contributed by atoms with Crippen molar-refractivity contribution in [2.24, 2.45) is 0 Å². The van der Waals surface area contributed by atoms with Gasteiger partial charge in [-0.3, -0.25) is 9.59 Å². The lowest BCUT2D eigenvalue weighted by molar-refractivity contribution is -0.136. The fourth-order valence-electron chi connectivity index (χ4n) is 1.91. The molecule has 0 radical (unpaired) electrons. The van der Waals surface area contributed by atoms with Crippen molar-refractivity contribution in [3.05, 3.63) is 70.8 Å². The van der Waals surface area contributed by atoms with Gasteiger partial charge in [0.2, 0.25) is 0 Å². The summed E-state index contributed by atoms with van der Waals surface area (Å²) >= 11 is 0. The second-order valence-corrected chi connectivity index (χ2v) is 4.26. The average molecular weight is 265 g/mol. The number of hydrogen-bond donors (Lipinski definition) is 1. The molecule has 0 fully saturated rings. The SMILES string of the molecule is N#Cc1ccc(CC(=O)O)cc1C(=O)c1ccccc1. The highest BCUT2D eigenvalue weighted by molar-refractivity contribution is 6.10. The van der Waals surface area contributed by atoms with E-state index in [-0.39, 0.29) is 23.3 Å². The Morgan fingerprint density at radius 1 is 1.10 bits per heavy atom. The molecular weight excluding hydrogens is 254 g/mol. The summed E-state index contributed by atoms with van der Waals surface area (Å²) in [5.41, 5.74) is 1.44. The van der Waals surface area contributed by atoms with Crippen molar-refractivity contribution in [3.8, 4) is 6.07 Å². The van der Waals surface area contributed by atoms with Crippen molar-refractivity contribution >= 4 is 11.8 Å². The molecule has 0 saturated heterocycles. The summed E-state index contributed by atoms with van der Waals surface area (Å²) in [5.74, 6) is -1.26. The van der Waals surface area contributed by atoms with E-state index < -0.39 is 5.97 Å². The smallest absolute Gasteiger partial charge is 0.307 e. The number of aliphatic carboxylic acids is 1. The van der Waals surface area contributed by atoms with Crippen molar-refractivity contribution in [1.29, 1.82) is 5.26 Å². The summed E-state index contributed by atoms with van der Waals surface area (Å²) < 4.78 is 0. The van der Waals surface area contributed by atoms with Crippen molar-refractivity contribution in [3.63, 3.8) is 0 Å². The first-order chi connectivity index (χ1) is 9.61. The summed E-state index contributed by atoms with van der Waals surface area (Å²) in [4.78, 5) is 23.1. The predicted octanol–water partition coefficient (Wildman–Crippen LogP) is 2.42. The Balaban J connectivity index is 2.46. The Morgan fingerprint density at radius 3 is 2.40 bits per heavy atom. The van der Waals surface area contributed by atoms with Gasteiger partial charge in [0.25, 0.3) is 0 Å². The number of carbonyl (C=O) groups excluding carboxylic acids is 1. The maximum absolute atomic E-state index is 12.4. The zero-order valence-corrected chi connectivity index (χ0v) is 10.5. The van der Waals surface area contributed by atoms with Gasteiger partial charge in [0.1, 0.15) is 0 Å². The van der Waals surface area contributed by atoms with E-state index >= 15 is 0 Å². The van der Waals surface area contributed by atoms with E-state index in [4.69, 9.17) is 10.4 Å². The summed E-state index contributed by atoms with van der Waals surface area (Å²) in [5, 5.41) is 17.9. The molecule has 0 saturated carbocycles. The number of nitriles is 1.